The molecule has 0 bridgehead atoms. The Bertz CT molecular complexity index is 288. The van der Waals surface area contributed by atoms with Gasteiger partial charge in [0.15, 0.2) is 0 Å². The van der Waals surface area contributed by atoms with Crippen LogP contribution in [0.1, 0.15) is 52.9 Å². The quantitative estimate of drug-likeness (QED) is 0.824. The Labute approximate surface area is 119 Å². The zero-order valence-electron chi connectivity index (χ0n) is 13.1. The number of likely N-dealkylation sites (tertiary alicyclic amines) is 1. The first kappa shape index (κ1) is 13.9. The van der Waals surface area contributed by atoms with E-state index in [9.17, 15) is 0 Å². The molecule has 0 spiro atoms. The van der Waals surface area contributed by atoms with E-state index in [4.69, 9.17) is 0 Å². The van der Waals surface area contributed by atoms with Crippen LogP contribution in [-0.4, -0.2) is 36.6 Å². The summed E-state index contributed by atoms with van der Waals surface area (Å²) in [6, 6.07) is 1.68. The summed E-state index contributed by atoms with van der Waals surface area (Å²) in [5.74, 6) is 3.68. The van der Waals surface area contributed by atoms with Crippen molar-refractivity contribution in [3.63, 3.8) is 0 Å². The van der Waals surface area contributed by atoms with Crippen molar-refractivity contribution < 1.29 is 0 Å². The molecule has 2 aliphatic heterocycles. The van der Waals surface area contributed by atoms with E-state index in [-0.39, 0.29) is 0 Å². The highest BCUT2D eigenvalue weighted by Gasteiger charge is 2.41. The van der Waals surface area contributed by atoms with Gasteiger partial charge in [-0.05, 0) is 55.9 Å². The molecule has 0 aromatic heterocycles. The first-order chi connectivity index (χ1) is 9.15. The smallest absolute Gasteiger partial charge is 0.0235 e. The second-order valence-electron chi connectivity index (χ2n) is 7.81. The monoisotopic (exact) mass is 264 g/mol. The fourth-order valence-electron chi connectivity index (χ4n) is 4.92. The summed E-state index contributed by atoms with van der Waals surface area (Å²) in [6.07, 6.45) is 7.22. The molecule has 1 N–H and O–H groups in total. The molecular weight excluding hydrogens is 232 g/mol. The molecule has 110 valence electrons. The Morgan fingerprint density at radius 1 is 1.11 bits per heavy atom. The van der Waals surface area contributed by atoms with Gasteiger partial charge in [0.1, 0.15) is 0 Å². The molecule has 3 fully saturated rings. The largest absolute Gasteiger partial charge is 0.312 e. The van der Waals surface area contributed by atoms with Gasteiger partial charge in [-0.15, -0.1) is 0 Å². The van der Waals surface area contributed by atoms with Gasteiger partial charge in [-0.3, -0.25) is 4.90 Å². The second-order valence-corrected chi connectivity index (χ2v) is 7.81. The number of fused-ring (bicyclic) bond motifs is 1. The SMILES string of the molecule is CC1CCC(C(C)C)C(N2C[C@@H]3CCCN[C@@H]3C2)C1. The predicted octanol–water partition coefficient (Wildman–Crippen LogP) is 3.13. The summed E-state index contributed by atoms with van der Waals surface area (Å²) in [6.45, 7) is 11.3. The van der Waals surface area contributed by atoms with E-state index in [1.54, 1.807) is 0 Å². The molecule has 19 heavy (non-hydrogen) atoms. The first-order valence-electron chi connectivity index (χ1n) is 8.62. The zero-order valence-corrected chi connectivity index (χ0v) is 13.1. The van der Waals surface area contributed by atoms with Gasteiger partial charge >= 0.3 is 0 Å². The van der Waals surface area contributed by atoms with Crippen LogP contribution in [0.4, 0.5) is 0 Å². The first-order valence-corrected chi connectivity index (χ1v) is 8.62. The number of nitrogens with zero attached hydrogens (tertiary/aromatic N) is 1. The van der Waals surface area contributed by atoms with E-state index in [0.717, 1.165) is 35.8 Å². The summed E-state index contributed by atoms with van der Waals surface area (Å²) in [5.41, 5.74) is 0. The number of hydrogen-bond acceptors (Lipinski definition) is 2. The normalized spacial score (nSPS) is 44.5. The minimum atomic E-state index is 0.804. The van der Waals surface area contributed by atoms with Crippen molar-refractivity contribution in [1.82, 2.24) is 10.2 Å². The highest BCUT2D eigenvalue weighted by atomic mass is 15.2. The lowest BCUT2D eigenvalue weighted by atomic mass is 9.73. The third kappa shape index (κ3) is 2.85. The molecule has 0 aromatic rings. The molecule has 0 amide bonds. The lowest BCUT2D eigenvalue weighted by Gasteiger charge is -2.42. The summed E-state index contributed by atoms with van der Waals surface area (Å²) < 4.78 is 0. The molecule has 0 radical (unpaired) electrons. The van der Waals surface area contributed by atoms with Crippen molar-refractivity contribution >= 4 is 0 Å². The Hall–Kier alpha value is -0.0800. The summed E-state index contributed by atoms with van der Waals surface area (Å²) in [4.78, 5) is 2.87. The summed E-state index contributed by atoms with van der Waals surface area (Å²) in [7, 11) is 0. The number of rotatable bonds is 2. The third-order valence-corrected chi connectivity index (χ3v) is 6.08. The third-order valence-electron chi connectivity index (χ3n) is 6.08. The van der Waals surface area contributed by atoms with Gasteiger partial charge in [0, 0.05) is 25.2 Å². The Morgan fingerprint density at radius 2 is 1.95 bits per heavy atom. The van der Waals surface area contributed by atoms with Gasteiger partial charge in [0.05, 0.1) is 0 Å². The summed E-state index contributed by atoms with van der Waals surface area (Å²) in [5, 5.41) is 3.76. The highest BCUT2D eigenvalue weighted by Crippen LogP contribution is 2.39. The lowest BCUT2D eigenvalue weighted by Crippen LogP contribution is -2.46. The molecule has 1 aliphatic carbocycles. The van der Waals surface area contributed by atoms with Crippen LogP contribution in [0, 0.1) is 23.7 Å². The van der Waals surface area contributed by atoms with Crippen LogP contribution in [0.25, 0.3) is 0 Å². The maximum Gasteiger partial charge on any atom is 0.0235 e. The van der Waals surface area contributed by atoms with E-state index in [1.165, 1.54) is 51.7 Å². The van der Waals surface area contributed by atoms with Crippen molar-refractivity contribution in [2.75, 3.05) is 19.6 Å². The minimum absolute atomic E-state index is 0.804. The number of nitrogens with one attached hydrogen (secondary N) is 1. The van der Waals surface area contributed by atoms with Crippen LogP contribution in [0.3, 0.4) is 0 Å². The fourth-order valence-corrected chi connectivity index (χ4v) is 4.92. The maximum absolute atomic E-state index is 3.76. The fraction of sp³-hybridized carbons (Fsp3) is 1.00. The van der Waals surface area contributed by atoms with Gasteiger partial charge < -0.3 is 5.32 Å². The second kappa shape index (κ2) is 5.73. The molecule has 3 aliphatic rings. The van der Waals surface area contributed by atoms with Crippen LogP contribution in [0.15, 0.2) is 0 Å². The molecule has 3 unspecified atom stereocenters. The average Bonchev–Trinajstić information content (AvgIpc) is 2.81. The molecule has 1 saturated carbocycles. The molecule has 2 saturated heterocycles. The Kier molecular flexibility index (Phi) is 4.19. The Balaban J connectivity index is 1.68. The van der Waals surface area contributed by atoms with Gasteiger partial charge in [0.2, 0.25) is 0 Å². The standard InChI is InChI=1S/C17H32N2/c1-12(2)15-7-6-13(3)9-17(15)19-10-14-5-4-8-18-16(14)11-19/h12-18H,4-11H2,1-3H3/t13?,14-,15?,16+,17?/m0/s1. The van der Waals surface area contributed by atoms with Crippen LogP contribution in [0.5, 0.6) is 0 Å². The molecule has 0 aromatic carbocycles. The molecular formula is C17H32N2. The molecule has 2 heteroatoms. The van der Waals surface area contributed by atoms with Crippen LogP contribution in [-0.2, 0) is 0 Å². The van der Waals surface area contributed by atoms with Gasteiger partial charge in [-0.1, -0.05) is 27.2 Å². The predicted molar refractivity (Wildman–Crippen MR) is 81.2 cm³/mol. The zero-order chi connectivity index (χ0) is 13.4. The van der Waals surface area contributed by atoms with E-state index in [1.807, 2.05) is 0 Å². The van der Waals surface area contributed by atoms with E-state index < -0.39 is 0 Å². The average molecular weight is 264 g/mol. The van der Waals surface area contributed by atoms with Gasteiger partial charge in [0.25, 0.3) is 0 Å². The van der Waals surface area contributed by atoms with Crippen LogP contribution >= 0.6 is 0 Å². The van der Waals surface area contributed by atoms with Crippen molar-refractivity contribution in [2.24, 2.45) is 23.7 Å². The lowest BCUT2D eigenvalue weighted by molar-refractivity contribution is 0.0732. The van der Waals surface area contributed by atoms with Crippen molar-refractivity contribution in [3.05, 3.63) is 0 Å². The summed E-state index contributed by atoms with van der Waals surface area (Å²) >= 11 is 0. The van der Waals surface area contributed by atoms with E-state index >= 15 is 0 Å². The van der Waals surface area contributed by atoms with Crippen molar-refractivity contribution in [1.29, 1.82) is 0 Å². The minimum Gasteiger partial charge on any atom is -0.312 e. The van der Waals surface area contributed by atoms with Gasteiger partial charge in [-0.25, -0.2) is 0 Å². The van der Waals surface area contributed by atoms with Gasteiger partial charge in [-0.2, -0.15) is 0 Å². The van der Waals surface area contributed by atoms with Crippen LogP contribution < -0.4 is 5.32 Å². The maximum atomic E-state index is 3.76. The van der Waals surface area contributed by atoms with Crippen molar-refractivity contribution in [3.8, 4) is 0 Å². The molecule has 3 rings (SSSR count). The van der Waals surface area contributed by atoms with E-state index in [2.05, 4.69) is 31.0 Å². The highest BCUT2D eigenvalue weighted by molar-refractivity contribution is 4.97. The molecule has 2 nitrogen and oxygen atoms in total. The molecule has 2 heterocycles. The van der Waals surface area contributed by atoms with E-state index in [0.29, 0.717) is 0 Å². The topological polar surface area (TPSA) is 15.3 Å². The molecule has 5 atom stereocenters. The number of piperidine rings is 1. The Morgan fingerprint density at radius 3 is 2.68 bits per heavy atom. The number of hydrogen-bond donors (Lipinski definition) is 1. The van der Waals surface area contributed by atoms with Crippen molar-refractivity contribution in [2.45, 2.75) is 65.0 Å². The van der Waals surface area contributed by atoms with Crippen LogP contribution in [0.2, 0.25) is 0 Å².